The van der Waals surface area contributed by atoms with Crippen molar-refractivity contribution in [3.63, 3.8) is 0 Å². The molecule has 4 heteroatoms. The Morgan fingerprint density at radius 3 is 2.48 bits per heavy atom. The van der Waals surface area contributed by atoms with Gasteiger partial charge in [0.2, 0.25) is 0 Å². The molecule has 0 bridgehead atoms. The van der Waals surface area contributed by atoms with Crippen LogP contribution in [-0.2, 0) is 0 Å². The SMILES string of the molecule is CCCNc1nc(C)nc(NC2CCC(C)CC2C)c1C. The van der Waals surface area contributed by atoms with E-state index in [2.05, 4.69) is 48.3 Å². The van der Waals surface area contributed by atoms with Crippen LogP contribution in [0, 0.1) is 25.7 Å². The first-order chi connectivity index (χ1) is 10.0. The molecule has 1 aromatic heterocycles. The van der Waals surface area contributed by atoms with Gasteiger partial charge in [0.05, 0.1) is 0 Å². The van der Waals surface area contributed by atoms with E-state index in [1.54, 1.807) is 0 Å². The van der Waals surface area contributed by atoms with Crippen LogP contribution in [0.25, 0.3) is 0 Å². The summed E-state index contributed by atoms with van der Waals surface area (Å²) in [6.07, 6.45) is 4.96. The van der Waals surface area contributed by atoms with Gasteiger partial charge in [-0.05, 0) is 51.4 Å². The number of hydrogen-bond donors (Lipinski definition) is 2. The Labute approximate surface area is 129 Å². The number of nitrogens with one attached hydrogen (secondary N) is 2. The van der Waals surface area contributed by atoms with Gasteiger partial charge in [-0.3, -0.25) is 0 Å². The van der Waals surface area contributed by atoms with Gasteiger partial charge in [-0.2, -0.15) is 0 Å². The zero-order chi connectivity index (χ0) is 15.4. The molecule has 1 saturated carbocycles. The van der Waals surface area contributed by atoms with Gasteiger partial charge in [0.1, 0.15) is 17.5 Å². The quantitative estimate of drug-likeness (QED) is 0.855. The van der Waals surface area contributed by atoms with E-state index < -0.39 is 0 Å². The second-order valence-corrected chi connectivity index (χ2v) is 6.67. The maximum atomic E-state index is 4.63. The molecule has 4 nitrogen and oxygen atoms in total. The minimum Gasteiger partial charge on any atom is -0.370 e. The van der Waals surface area contributed by atoms with E-state index in [1.807, 2.05) is 6.92 Å². The van der Waals surface area contributed by atoms with E-state index in [4.69, 9.17) is 0 Å². The third-order valence-corrected chi connectivity index (χ3v) is 4.55. The average Bonchev–Trinajstić information content (AvgIpc) is 2.43. The number of hydrogen-bond acceptors (Lipinski definition) is 4. The number of anilines is 2. The Kier molecular flexibility index (Phi) is 5.43. The third kappa shape index (κ3) is 4.08. The first-order valence-electron chi connectivity index (χ1n) is 8.36. The van der Waals surface area contributed by atoms with Gasteiger partial charge in [-0.25, -0.2) is 9.97 Å². The predicted molar refractivity (Wildman–Crippen MR) is 89.9 cm³/mol. The van der Waals surface area contributed by atoms with Crippen LogP contribution in [-0.4, -0.2) is 22.6 Å². The van der Waals surface area contributed by atoms with Crippen molar-refractivity contribution < 1.29 is 0 Å². The molecule has 2 rings (SSSR count). The molecule has 0 radical (unpaired) electrons. The van der Waals surface area contributed by atoms with Gasteiger partial charge in [-0.1, -0.05) is 20.8 Å². The fourth-order valence-electron chi connectivity index (χ4n) is 3.24. The molecule has 3 unspecified atom stereocenters. The molecule has 0 aromatic carbocycles. The largest absolute Gasteiger partial charge is 0.370 e. The first kappa shape index (κ1) is 16.1. The number of aromatic nitrogens is 2. The van der Waals surface area contributed by atoms with Crippen LogP contribution >= 0.6 is 0 Å². The van der Waals surface area contributed by atoms with Gasteiger partial charge in [-0.15, -0.1) is 0 Å². The molecule has 2 N–H and O–H groups in total. The van der Waals surface area contributed by atoms with Crippen molar-refractivity contribution in [2.45, 2.75) is 66.3 Å². The molecule has 0 saturated heterocycles. The Bertz CT molecular complexity index is 472. The van der Waals surface area contributed by atoms with Crippen molar-refractivity contribution in [3.8, 4) is 0 Å². The van der Waals surface area contributed by atoms with Crippen molar-refractivity contribution in [3.05, 3.63) is 11.4 Å². The summed E-state index contributed by atoms with van der Waals surface area (Å²) >= 11 is 0. The van der Waals surface area contributed by atoms with Crippen LogP contribution in [0.2, 0.25) is 0 Å². The molecule has 1 aliphatic rings. The van der Waals surface area contributed by atoms with E-state index in [9.17, 15) is 0 Å². The highest BCUT2D eigenvalue weighted by molar-refractivity contribution is 5.57. The smallest absolute Gasteiger partial charge is 0.134 e. The van der Waals surface area contributed by atoms with Gasteiger partial charge in [0.15, 0.2) is 0 Å². The summed E-state index contributed by atoms with van der Waals surface area (Å²) in [6.45, 7) is 11.9. The summed E-state index contributed by atoms with van der Waals surface area (Å²) in [5.74, 6) is 4.37. The monoisotopic (exact) mass is 290 g/mol. The molecular formula is C17H30N4. The Morgan fingerprint density at radius 2 is 1.81 bits per heavy atom. The Hall–Kier alpha value is -1.32. The maximum Gasteiger partial charge on any atom is 0.134 e. The molecule has 1 aromatic rings. The summed E-state index contributed by atoms with van der Waals surface area (Å²) in [5, 5.41) is 7.09. The molecule has 1 heterocycles. The summed E-state index contributed by atoms with van der Waals surface area (Å²) < 4.78 is 0. The normalized spacial score (nSPS) is 25.7. The summed E-state index contributed by atoms with van der Waals surface area (Å²) in [4.78, 5) is 9.16. The lowest BCUT2D eigenvalue weighted by Crippen LogP contribution is -2.33. The first-order valence-corrected chi connectivity index (χ1v) is 8.36. The van der Waals surface area contributed by atoms with Gasteiger partial charge in [0.25, 0.3) is 0 Å². The second kappa shape index (κ2) is 7.10. The summed E-state index contributed by atoms with van der Waals surface area (Å²) in [7, 11) is 0. The molecule has 1 fully saturated rings. The lowest BCUT2D eigenvalue weighted by Gasteiger charge is -2.34. The van der Waals surface area contributed by atoms with Gasteiger partial charge >= 0.3 is 0 Å². The number of nitrogens with zero attached hydrogens (tertiary/aromatic N) is 2. The Morgan fingerprint density at radius 1 is 1.10 bits per heavy atom. The molecule has 118 valence electrons. The van der Waals surface area contributed by atoms with Gasteiger partial charge in [0, 0.05) is 18.2 Å². The second-order valence-electron chi connectivity index (χ2n) is 6.67. The predicted octanol–water partition coefficient (Wildman–Crippen LogP) is 4.15. The van der Waals surface area contributed by atoms with E-state index in [-0.39, 0.29) is 0 Å². The average molecular weight is 290 g/mol. The lowest BCUT2D eigenvalue weighted by molar-refractivity contribution is 0.276. The minimum atomic E-state index is 0.535. The number of aryl methyl sites for hydroxylation is 1. The van der Waals surface area contributed by atoms with Crippen LogP contribution in [0.3, 0.4) is 0 Å². The molecule has 0 amide bonds. The highest BCUT2D eigenvalue weighted by Gasteiger charge is 2.26. The molecule has 1 aliphatic carbocycles. The zero-order valence-corrected chi connectivity index (χ0v) is 14.2. The fraction of sp³-hybridized carbons (Fsp3) is 0.765. The van der Waals surface area contributed by atoms with Crippen molar-refractivity contribution >= 4 is 11.6 Å². The van der Waals surface area contributed by atoms with Crippen molar-refractivity contribution in [1.82, 2.24) is 9.97 Å². The molecule has 0 aliphatic heterocycles. The highest BCUT2D eigenvalue weighted by Crippen LogP contribution is 2.31. The van der Waals surface area contributed by atoms with Crippen molar-refractivity contribution in [2.75, 3.05) is 17.2 Å². The van der Waals surface area contributed by atoms with Crippen molar-refractivity contribution in [2.24, 2.45) is 11.8 Å². The fourth-order valence-corrected chi connectivity index (χ4v) is 3.24. The minimum absolute atomic E-state index is 0.535. The number of rotatable bonds is 5. The van der Waals surface area contributed by atoms with E-state index >= 15 is 0 Å². The maximum absolute atomic E-state index is 4.63. The van der Waals surface area contributed by atoms with Gasteiger partial charge < -0.3 is 10.6 Å². The van der Waals surface area contributed by atoms with E-state index in [0.717, 1.165) is 41.9 Å². The standard InChI is InChI=1S/C17H30N4/c1-6-9-18-16-13(4)17(20-14(5)19-16)21-15-8-7-11(2)10-12(15)3/h11-12,15H,6-10H2,1-5H3,(H2,18,19,20,21). The molecule has 21 heavy (non-hydrogen) atoms. The molecule has 0 spiro atoms. The summed E-state index contributed by atoms with van der Waals surface area (Å²) in [5.41, 5.74) is 1.14. The van der Waals surface area contributed by atoms with E-state index in [0.29, 0.717) is 12.0 Å². The third-order valence-electron chi connectivity index (χ3n) is 4.55. The lowest BCUT2D eigenvalue weighted by atomic mass is 9.80. The van der Waals surface area contributed by atoms with Crippen LogP contribution in [0.1, 0.15) is 57.8 Å². The van der Waals surface area contributed by atoms with Crippen LogP contribution in [0.15, 0.2) is 0 Å². The summed E-state index contributed by atoms with van der Waals surface area (Å²) in [6, 6.07) is 0.535. The van der Waals surface area contributed by atoms with Crippen LogP contribution in [0.4, 0.5) is 11.6 Å². The van der Waals surface area contributed by atoms with Crippen molar-refractivity contribution in [1.29, 1.82) is 0 Å². The molecular weight excluding hydrogens is 260 g/mol. The topological polar surface area (TPSA) is 49.8 Å². The van der Waals surface area contributed by atoms with Crippen LogP contribution in [0.5, 0.6) is 0 Å². The zero-order valence-electron chi connectivity index (χ0n) is 14.2. The van der Waals surface area contributed by atoms with E-state index in [1.165, 1.54) is 19.3 Å². The Balaban J connectivity index is 2.13. The van der Waals surface area contributed by atoms with Crippen LogP contribution < -0.4 is 10.6 Å². The highest BCUT2D eigenvalue weighted by atomic mass is 15.1. The molecule has 3 atom stereocenters.